The molecular weight excluding hydrogens is 300 g/mol. The van der Waals surface area contributed by atoms with Crippen LogP contribution in [0.1, 0.15) is 11.5 Å². The summed E-state index contributed by atoms with van der Waals surface area (Å²) < 4.78 is 5.60. The number of aromatic nitrogens is 2. The number of anilines is 1. The molecule has 0 saturated heterocycles. The topological polar surface area (TPSA) is 74.7 Å². The van der Waals surface area contributed by atoms with Crippen LogP contribution in [0.3, 0.4) is 0 Å². The first-order valence-electron chi connectivity index (χ1n) is 6.57. The van der Waals surface area contributed by atoms with Crippen LogP contribution >= 0.6 is 11.6 Å². The average molecular weight is 311 g/mol. The Bertz CT molecular complexity index is 803. The van der Waals surface area contributed by atoms with Gasteiger partial charge in [-0.25, -0.2) is 0 Å². The lowest BCUT2D eigenvalue weighted by atomic mass is 10.2. The summed E-state index contributed by atoms with van der Waals surface area (Å²) in [6, 6.07) is 16.4. The molecule has 0 aliphatic rings. The van der Waals surface area contributed by atoms with Crippen LogP contribution < -0.4 is 5.32 Å². The zero-order chi connectivity index (χ0) is 15.4. The van der Waals surface area contributed by atoms with Crippen molar-refractivity contribution in [1.82, 2.24) is 10.2 Å². The van der Waals surface area contributed by atoms with Crippen LogP contribution in [0.15, 0.2) is 52.9 Å². The molecule has 0 spiro atoms. The second-order valence-corrected chi connectivity index (χ2v) is 4.99. The molecule has 1 heterocycles. The fourth-order valence-corrected chi connectivity index (χ4v) is 2.00. The fourth-order valence-electron chi connectivity index (χ4n) is 1.87. The van der Waals surface area contributed by atoms with Gasteiger partial charge in [-0.15, -0.1) is 10.2 Å². The summed E-state index contributed by atoms with van der Waals surface area (Å²) in [5.41, 5.74) is 2.32. The van der Waals surface area contributed by atoms with Crippen molar-refractivity contribution in [3.8, 4) is 17.5 Å². The normalized spacial score (nSPS) is 10.2. The molecule has 3 rings (SSSR count). The minimum Gasteiger partial charge on any atom is -0.419 e. The van der Waals surface area contributed by atoms with Crippen LogP contribution in [-0.2, 0) is 6.54 Å². The first-order chi connectivity index (χ1) is 10.7. The van der Waals surface area contributed by atoms with E-state index in [1.807, 2.05) is 24.3 Å². The Labute approximate surface area is 132 Å². The number of hydrogen-bond acceptors (Lipinski definition) is 5. The molecule has 5 nitrogen and oxygen atoms in total. The highest BCUT2D eigenvalue weighted by molar-refractivity contribution is 6.30. The molecule has 0 bridgehead atoms. The Balaban J connectivity index is 1.66. The quantitative estimate of drug-likeness (QED) is 0.791. The number of nitrogens with zero attached hydrogens (tertiary/aromatic N) is 3. The Morgan fingerprint density at radius 3 is 2.45 bits per heavy atom. The van der Waals surface area contributed by atoms with E-state index in [9.17, 15) is 0 Å². The summed E-state index contributed by atoms with van der Waals surface area (Å²) in [6.07, 6.45) is 0. The van der Waals surface area contributed by atoms with Gasteiger partial charge in [0.2, 0.25) is 11.8 Å². The highest BCUT2D eigenvalue weighted by Gasteiger charge is 2.08. The maximum Gasteiger partial charge on any atom is 0.247 e. The standard InChI is InChI=1S/C16H11ClN4O/c17-13-5-3-12(4-6-13)16-21-20-15(22-16)10-19-14-7-1-11(9-18)2-8-14/h1-8,19H,10H2. The van der Waals surface area contributed by atoms with E-state index in [1.165, 1.54) is 0 Å². The Hall–Kier alpha value is -2.84. The van der Waals surface area contributed by atoms with E-state index in [1.54, 1.807) is 24.3 Å². The van der Waals surface area contributed by atoms with Crippen LogP contribution in [0.25, 0.3) is 11.5 Å². The Morgan fingerprint density at radius 1 is 1.05 bits per heavy atom. The molecule has 0 unspecified atom stereocenters. The average Bonchev–Trinajstić information content (AvgIpc) is 3.03. The number of benzene rings is 2. The number of nitrogens with one attached hydrogen (secondary N) is 1. The van der Waals surface area contributed by atoms with Crippen LogP contribution in [0.2, 0.25) is 5.02 Å². The van der Waals surface area contributed by atoms with Crippen LogP contribution in [0.4, 0.5) is 5.69 Å². The number of hydrogen-bond donors (Lipinski definition) is 1. The summed E-state index contributed by atoms with van der Waals surface area (Å²) in [4.78, 5) is 0. The van der Waals surface area contributed by atoms with E-state index in [2.05, 4.69) is 21.6 Å². The van der Waals surface area contributed by atoms with Gasteiger partial charge < -0.3 is 9.73 Å². The molecule has 0 fully saturated rings. The van der Waals surface area contributed by atoms with Gasteiger partial charge >= 0.3 is 0 Å². The molecule has 108 valence electrons. The van der Waals surface area contributed by atoms with Gasteiger partial charge in [0.25, 0.3) is 0 Å². The van der Waals surface area contributed by atoms with Gasteiger partial charge in [0.1, 0.15) is 0 Å². The van der Waals surface area contributed by atoms with Crippen molar-refractivity contribution in [2.24, 2.45) is 0 Å². The molecule has 0 amide bonds. The second-order valence-electron chi connectivity index (χ2n) is 4.55. The minimum absolute atomic E-state index is 0.409. The van der Waals surface area contributed by atoms with E-state index in [4.69, 9.17) is 21.3 Å². The number of nitriles is 1. The Morgan fingerprint density at radius 2 is 1.77 bits per heavy atom. The minimum atomic E-state index is 0.409. The maximum atomic E-state index is 8.75. The molecule has 0 aliphatic heterocycles. The summed E-state index contributed by atoms with van der Waals surface area (Å²) in [7, 11) is 0. The molecule has 0 aliphatic carbocycles. The van der Waals surface area contributed by atoms with Crippen molar-refractivity contribution in [1.29, 1.82) is 5.26 Å². The van der Waals surface area contributed by atoms with Crippen molar-refractivity contribution in [3.63, 3.8) is 0 Å². The van der Waals surface area contributed by atoms with E-state index in [-0.39, 0.29) is 0 Å². The first-order valence-corrected chi connectivity index (χ1v) is 6.95. The third kappa shape index (κ3) is 3.25. The number of halogens is 1. The van der Waals surface area contributed by atoms with Crippen LogP contribution in [-0.4, -0.2) is 10.2 Å². The molecule has 0 saturated carbocycles. The van der Waals surface area contributed by atoms with Crippen LogP contribution in [0, 0.1) is 11.3 Å². The molecule has 6 heteroatoms. The molecule has 3 aromatic rings. The zero-order valence-corrected chi connectivity index (χ0v) is 12.2. The summed E-state index contributed by atoms with van der Waals surface area (Å²) in [5.74, 6) is 0.933. The van der Waals surface area contributed by atoms with Crippen molar-refractivity contribution in [2.75, 3.05) is 5.32 Å². The van der Waals surface area contributed by atoms with E-state index in [0.717, 1.165) is 11.3 Å². The monoisotopic (exact) mass is 310 g/mol. The molecule has 22 heavy (non-hydrogen) atoms. The van der Waals surface area contributed by atoms with Crippen molar-refractivity contribution in [3.05, 3.63) is 65.0 Å². The zero-order valence-electron chi connectivity index (χ0n) is 11.5. The van der Waals surface area contributed by atoms with Gasteiger partial charge in [0.15, 0.2) is 0 Å². The third-order valence-corrected chi connectivity index (χ3v) is 3.27. The summed E-state index contributed by atoms with van der Waals surface area (Å²) in [5, 5.41) is 20.6. The van der Waals surface area contributed by atoms with Gasteiger partial charge in [0.05, 0.1) is 18.2 Å². The summed E-state index contributed by atoms with van der Waals surface area (Å²) in [6.45, 7) is 0.409. The molecule has 2 aromatic carbocycles. The molecule has 1 aromatic heterocycles. The van der Waals surface area contributed by atoms with Crippen molar-refractivity contribution >= 4 is 17.3 Å². The van der Waals surface area contributed by atoms with Gasteiger partial charge in [-0.05, 0) is 48.5 Å². The third-order valence-electron chi connectivity index (χ3n) is 3.02. The molecule has 1 N–H and O–H groups in total. The second kappa shape index (κ2) is 6.29. The van der Waals surface area contributed by atoms with Crippen molar-refractivity contribution < 1.29 is 4.42 Å². The SMILES string of the molecule is N#Cc1ccc(NCc2nnc(-c3ccc(Cl)cc3)o2)cc1. The van der Waals surface area contributed by atoms with E-state index in [0.29, 0.717) is 28.9 Å². The van der Waals surface area contributed by atoms with Gasteiger partial charge in [-0.1, -0.05) is 11.6 Å². The van der Waals surface area contributed by atoms with E-state index >= 15 is 0 Å². The van der Waals surface area contributed by atoms with Gasteiger partial charge in [-0.3, -0.25) is 0 Å². The predicted molar refractivity (Wildman–Crippen MR) is 83.2 cm³/mol. The van der Waals surface area contributed by atoms with Crippen LogP contribution in [0.5, 0.6) is 0 Å². The maximum absolute atomic E-state index is 8.75. The first kappa shape index (κ1) is 14.1. The largest absolute Gasteiger partial charge is 0.419 e. The highest BCUT2D eigenvalue weighted by Crippen LogP contribution is 2.20. The molecule has 0 radical (unpaired) electrons. The van der Waals surface area contributed by atoms with Crippen molar-refractivity contribution in [2.45, 2.75) is 6.54 Å². The van der Waals surface area contributed by atoms with Gasteiger partial charge in [-0.2, -0.15) is 5.26 Å². The summed E-state index contributed by atoms with van der Waals surface area (Å²) >= 11 is 5.85. The molecule has 0 atom stereocenters. The Kier molecular flexibility index (Phi) is 4.03. The molecular formula is C16H11ClN4O. The number of rotatable bonds is 4. The lowest BCUT2D eigenvalue weighted by molar-refractivity contribution is 0.515. The van der Waals surface area contributed by atoms with Gasteiger partial charge in [0, 0.05) is 16.3 Å². The smallest absolute Gasteiger partial charge is 0.247 e. The lowest BCUT2D eigenvalue weighted by Crippen LogP contribution is -1.99. The highest BCUT2D eigenvalue weighted by atomic mass is 35.5. The lowest BCUT2D eigenvalue weighted by Gasteiger charge is -2.02. The predicted octanol–water partition coefficient (Wildman–Crippen LogP) is 3.87. The van der Waals surface area contributed by atoms with E-state index < -0.39 is 0 Å². The fraction of sp³-hybridized carbons (Fsp3) is 0.0625.